The van der Waals surface area contributed by atoms with E-state index < -0.39 is 17.5 Å². The SMILES string of the molecule is O=C(c1ccc(Br)cc1)c1cccc(C(F)(F)F)c1. The van der Waals surface area contributed by atoms with Gasteiger partial charge in [-0.05, 0) is 36.4 Å². The molecule has 98 valence electrons. The Morgan fingerprint density at radius 2 is 1.58 bits per heavy atom. The molecule has 2 rings (SSSR count). The minimum atomic E-state index is -4.45. The quantitative estimate of drug-likeness (QED) is 0.730. The maximum Gasteiger partial charge on any atom is 0.416 e. The number of carbonyl (C=O) groups excluding carboxylic acids is 1. The van der Waals surface area contributed by atoms with Crippen molar-refractivity contribution in [2.24, 2.45) is 0 Å². The van der Waals surface area contributed by atoms with E-state index in [1.807, 2.05) is 0 Å². The molecule has 0 heterocycles. The molecule has 0 fully saturated rings. The van der Waals surface area contributed by atoms with Crippen LogP contribution in [0.25, 0.3) is 0 Å². The van der Waals surface area contributed by atoms with Crippen molar-refractivity contribution >= 4 is 21.7 Å². The average molecular weight is 329 g/mol. The Kier molecular flexibility index (Phi) is 3.75. The van der Waals surface area contributed by atoms with Gasteiger partial charge in [-0.3, -0.25) is 4.79 Å². The average Bonchev–Trinajstić information content (AvgIpc) is 2.38. The normalized spacial score (nSPS) is 11.4. The monoisotopic (exact) mass is 328 g/mol. The Hall–Kier alpha value is -1.62. The van der Waals surface area contributed by atoms with Crippen LogP contribution in [-0.2, 0) is 6.18 Å². The number of rotatable bonds is 2. The van der Waals surface area contributed by atoms with Crippen molar-refractivity contribution in [1.29, 1.82) is 0 Å². The van der Waals surface area contributed by atoms with Crippen LogP contribution in [0.4, 0.5) is 13.2 Å². The van der Waals surface area contributed by atoms with Gasteiger partial charge >= 0.3 is 6.18 Å². The summed E-state index contributed by atoms with van der Waals surface area (Å²) in [6, 6.07) is 10.9. The fraction of sp³-hybridized carbons (Fsp3) is 0.0714. The molecule has 0 amide bonds. The van der Waals surface area contributed by atoms with Crippen LogP contribution in [0.5, 0.6) is 0 Å². The Balaban J connectivity index is 2.37. The lowest BCUT2D eigenvalue weighted by Crippen LogP contribution is -2.08. The van der Waals surface area contributed by atoms with Gasteiger partial charge < -0.3 is 0 Å². The summed E-state index contributed by atoms with van der Waals surface area (Å²) in [5.41, 5.74) is -0.449. The van der Waals surface area contributed by atoms with Crippen molar-refractivity contribution in [3.63, 3.8) is 0 Å². The third-order valence-electron chi connectivity index (χ3n) is 2.56. The second kappa shape index (κ2) is 5.17. The fourth-order valence-corrected chi connectivity index (χ4v) is 1.87. The molecule has 2 aromatic rings. The zero-order valence-corrected chi connectivity index (χ0v) is 11.1. The highest BCUT2D eigenvalue weighted by Crippen LogP contribution is 2.30. The molecular weight excluding hydrogens is 321 g/mol. The highest BCUT2D eigenvalue weighted by molar-refractivity contribution is 9.10. The summed E-state index contributed by atoms with van der Waals surface area (Å²) in [4.78, 5) is 12.1. The van der Waals surface area contributed by atoms with Crippen LogP contribution >= 0.6 is 15.9 Å². The lowest BCUT2D eigenvalue weighted by atomic mass is 10.0. The predicted octanol–water partition coefficient (Wildman–Crippen LogP) is 4.70. The second-order valence-corrected chi connectivity index (χ2v) is 4.83. The van der Waals surface area contributed by atoms with Crippen LogP contribution < -0.4 is 0 Å². The molecule has 0 saturated heterocycles. The van der Waals surface area contributed by atoms with Gasteiger partial charge in [-0.2, -0.15) is 13.2 Å². The summed E-state index contributed by atoms with van der Waals surface area (Å²) in [7, 11) is 0. The molecule has 0 aliphatic carbocycles. The first kappa shape index (κ1) is 13.8. The molecule has 19 heavy (non-hydrogen) atoms. The highest BCUT2D eigenvalue weighted by atomic mass is 79.9. The van der Waals surface area contributed by atoms with Crippen LogP contribution in [0.1, 0.15) is 21.5 Å². The lowest BCUT2D eigenvalue weighted by molar-refractivity contribution is -0.137. The maximum absolute atomic E-state index is 12.6. The molecule has 2 aromatic carbocycles. The number of hydrogen-bond donors (Lipinski definition) is 0. The molecule has 0 bridgehead atoms. The van der Waals surface area contributed by atoms with E-state index in [2.05, 4.69) is 15.9 Å². The van der Waals surface area contributed by atoms with Crippen molar-refractivity contribution in [3.05, 3.63) is 69.7 Å². The van der Waals surface area contributed by atoms with Gasteiger partial charge in [-0.25, -0.2) is 0 Å². The lowest BCUT2D eigenvalue weighted by Gasteiger charge is -2.08. The summed E-state index contributed by atoms with van der Waals surface area (Å²) >= 11 is 3.23. The summed E-state index contributed by atoms with van der Waals surface area (Å²) in [5, 5.41) is 0. The van der Waals surface area contributed by atoms with Crippen LogP contribution in [-0.4, -0.2) is 5.78 Å². The minimum Gasteiger partial charge on any atom is -0.289 e. The van der Waals surface area contributed by atoms with Crippen LogP contribution in [0.2, 0.25) is 0 Å². The van der Waals surface area contributed by atoms with Gasteiger partial charge in [0.05, 0.1) is 5.56 Å². The van der Waals surface area contributed by atoms with E-state index >= 15 is 0 Å². The van der Waals surface area contributed by atoms with Crippen molar-refractivity contribution in [1.82, 2.24) is 0 Å². The standard InChI is InChI=1S/C14H8BrF3O/c15-12-6-4-9(5-7-12)13(19)10-2-1-3-11(8-10)14(16,17)18/h1-8H. The molecule has 0 atom stereocenters. The molecule has 0 aromatic heterocycles. The first-order valence-electron chi connectivity index (χ1n) is 5.35. The Morgan fingerprint density at radius 1 is 0.947 bits per heavy atom. The topological polar surface area (TPSA) is 17.1 Å². The largest absolute Gasteiger partial charge is 0.416 e. The van der Waals surface area contributed by atoms with E-state index in [4.69, 9.17) is 0 Å². The molecular formula is C14H8BrF3O. The summed E-state index contributed by atoms with van der Waals surface area (Å²) in [6.07, 6.45) is -4.45. The molecule has 0 aliphatic heterocycles. The number of carbonyl (C=O) groups is 1. The Morgan fingerprint density at radius 3 is 2.16 bits per heavy atom. The fourth-order valence-electron chi connectivity index (χ4n) is 1.60. The van der Waals surface area contributed by atoms with Crippen LogP contribution in [0.3, 0.4) is 0 Å². The molecule has 0 aliphatic rings. The van der Waals surface area contributed by atoms with Gasteiger partial charge in [-0.15, -0.1) is 0 Å². The maximum atomic E-state index is 12.6. The van der Waals surface area contributed by atoms with Crippen molar-refractivity contribution in [2.75, 3.05) is 0 Å². The summed E-state index contributed by atoms with van der Waals surface area (Å²) in [6.45, 7) is 0. The van der Waals surface area contributed by atoms with Gasteiger partial charge in [0.1, 0.15) is 0 Å². The van der Waals surface area contributed by atoms with Gasteiger partial charge in [0.15, 0.2) is 5.78 Å². The molecule has 0 unspecified atom stereocenters. The Labute approximate surface area is 116 Å². The number of halogens is 4. The zero-order valence-electron chi connectivity index (χ0n) is 9.54. The third-order valence-corrected chi connectivity index (χ3v) is 3.09. The summed E-state index contributed by atoms with van der Waals surface area (Å²) < 4.78 is 38.5. The number of hydrogen-bond acceptors (Lipinski definition) is 1. The third kappa shape index (κ3) is 3.23. The predicted molar refractivity (Wildman–Crippen MR) is 69.0 cm³/mol. The van der Waals surface area contributed by atoms with Crippen molar-refractivity contribution < 1.29 is 18.0 Å². The van der Waals surface area contributed by atoms with Gasteiger partial charge in [-0.1, -0.05) is 28.1 Å². The number of ketones is 1. The smallest absolute Gasteiger partial charge is 0.289 e. The van der Waals surface area contributed by atoms with Gasteiger partial charge in [0.2, 0.25) is 0 Å². The van der Waals surface area contributed by atoms with Gasteiger partial charge in [0.25, 0.3) is 0 Å². The molecule has 0 radical (unpaired) electrons. The second-order valence-electron chi connectivity index (χ2n) is 3.91. The number of benzene rings is 2. The minimum absolute atomic E-state index is 0.0251. The van der Waals surface area contributed by atoms with Crippen molar-refractivity contribution in [3.8, 4) is 0 Å². The molecule has 0 N–H and O–H groups in total. The van der Waals surface area contributed by atoms with Crippen LogP contribution in [0, 0.1) is 0 Å². The first-order chi connectivity index (χ1) is 8.88. The van der Waals surface area contributed by atoms with Crippen LogP contribution in [0.15, 0.2) is 53.0 Å². The zero-order chi connectivity index (χ0) is 14.0. The highest BCUT2D eigenvalue weighted by Gasteiger charge is 2.30. The molecule has 0 spiro atoms. The summed E-state index contributed by atoms with van der Waals surface area (Å²) in [5.74, 6) is -0.432. The van der Waals surface area contributed by atoms with Crippen molar-refractivity contribution in [2.45, 2.75) is 6.18 Å². The van der Waals surface area contributed by atoms with Gasteiger partial charge in [0, 0.05) is 15.6 Å². The first-order valence-corrected chi connectivity index (χ1v) is 6.15. The van der Waals surface area contributed by atoms with E-state index in [0.29, 0.717) is 5.56 Å². The van der Waals surface area contributed by atoms with E-state index in [1.165, 1.54) is 12.1 Å². The molecule has 0 saturated carbocycles. The van der Waals surface area contributed by atoms with E-state index in [9.17, 15) is 18.0 Å². The van der Waals surface area contributed by atoms with E-state index in [-0.39, 0.29) is 5.56 Å². The molecule has 1 nitrogen and oxygen atoms in total. The molecule has 5 heteroatoms. The van der Waals surface area contributed by atoms with E-state index in [0.717, 1.165) is 16.6 Å². The Bertz CT molecular complexity index is 603. The number of alkyl halides is 3. The van der Waals surface area contributed by atoms with E-state index in [1.54, 1.807) is 24.3 Å².